The summed E-state index contributed by atoms with van der Waals surface area (Å²) in [7, 11) is 0. The molecule has 3 rings (SSSR count). The molecule has 5 nitrogen and oxygen atoms in total. The van der Waals surface area contributed by atoms with Crippen molar-refractivity contribution in [2.45, 2.75) is 31.9 Å². The normalized spacial score (nSPS) is 15.9. The maximum Gasteiger partial charge on any atom is 0.140 e. The first-order valence-corrected chi connectivity index (χ1v) is 8.64. The zero-order valence-electron chi connectivity index (χ0n) is 13.1. The van der Waals surface area contributed by atoms with E-state index in [1.807, 2.05) is 43.3 Å². The molecule has 2 aromatic rings. The number of aliphatic hydroxyl groups excluding tert-OH is 1. The van der Waals surface area contributed by atoms with Gasteiger partial charge in [0.1, 0.15) is 28.5 Å². The van der Waals surface area contributed by atoms with E-state index in [1.165, 1.54) is 12.8 Å². The molecule has 122 valence electrons. The van der Waals surface area contributed by atoms with Crippen LogP contribution in [0.4, 0.5) is 0 Å². The van der Waals surface area contributed by atoms with Crippen molar-refractivity contribution in [2.24, 2.45) is 0 Å². The van der Waals surface area contributed by atoms with Gasteiger partial charge in [-0.2, -0.15) is 0 Å². The molecule has 0 aliphatic heterocycles. The molecule has 6 heteroatoms. The zero-order valence-corrected chi connectivity index (χ0v) is 13.9. The Morgan fingerprint density at radius 1 is 1.35 bits per heavy atom. The van der Waals surface area contributed by atoms with Crippen LogP contribution in [0.25, 0.3) is 12.2 Å². The highest BCUT2D eigenvalue weighted by molar-refractivity contribution is 7.12. The number of hydrogen-bond acceptors (Lipinski definition) is 6. The van der Waals surface area contributed by atoms with Crippen molar-refractivity contribution in [3.8, 4) is 5.75 Å². The van der Waals surface area contributed by atoms with Gasteiger partial charge < -0.3 is 15.2 Å². The van der Waals surface area contributed by atoms with E-state index in [1.54, 1.807) is 11.3 Å². The van der Waals surface area contributed by atoms with E-state index >= 15 is 0 Å². The summed E-state index contributed by atoms with van der Waals surface area (Å²) in [6.07, 6.45) is 5.82. The number of aromatic nitrogens is 2. The van der Waals surface area contributed by atoms with Gasteiger partial charge in [-0.05, 0) is 38.0 Å². The maximum absolute atomic E-state index is 9.97. The van der Waals surface area contributed by atoms with Crippen LogP contribution in [0.5, 0.6) is 5.75 Å². The summed E-state index contributed by atoms with van der Waals surface area (Å²) in [4.78, 5) is 0. The lowest BCUT2D eigenvalue weighted by atomic mass is 10.2. The number of nitrogens with zero attached hydrogens (tertiary/aromatic N) is 2. The van der Waals surface area contributed by atoms with Gasteiger partial charge in [0.05, 0.1) is 0 Å². The molecule has 1 aliphatic carbocycles. The van der Waals surface area contributed by atoms with E-state index in [2.05, 4.69) is 15.5 Å². The van der Waals surface area contributed by atoms with Gasteiger partial charge in [0.25, 0.3) is 0 Å². The van der Waals surface area contributed by atoms with Crippen molar-refractivity contribution in [3.63, 3.8) is 0 Å². The Morgan fingerprint density at radius 2 is 2.17 bits per heavy atom. The molecule has 1 fully saturated rings. The Balaban J connectivity index is 1.57. The van der Waals surface area contributed by atoms with Crippen LogP contribution < -0.4 is 10.1 Å². The molecule has 2 N–H and O–H groups in total. The highest BCUT2D eigenvalue weighted by Gasteiger charge is 2.21. The molecule has 0 spiro atoms. The van der Waals surface area contributed by atoms with Crippen molar-refractivity contribution in [3.05, 3.63) is 39.8 Å². The van der Waals surface area contributed by atoms with Crippen LogP contribution in [0.3, 0.4) is 0 Å². The molecule has 0 saturated heterocycles. The summed E-state index contributed by atoms with van der Waals surface area (Å²) in [6.45, 7) is 2.79. The van der Waals surface area contributed by atoms with Gasteiger partial charge in [-0.15, -0.1) is 10.2 Å². The molecule has 1 aromatic heterocycles. The van der Waals surface area contributed by atoms with Gasteiger partial charge >= 0.3 is 0 Å². The molecule has 0 amide bonds. The highest BCUT2D eigenvalue weighted by atomic mass is 32.1. The number of aryl methyl sites for hydroxylation is 1. The standard InChI is InChI=1S/C17H21N3O2S/c1-12-19-20-17(23-12)9-6-13-4-2-3-5-16(13)22-11-15(21)10-18-14-7-8-14/h2-6,9,14-15,18,21H,7-8,10-11H2,1H3/b9-6-. The summed E-state index contributed by atoms with van der Waals surface area (Å²) >= 11 is 1.55. The van der Waals surface area contributed by atoms with Gasteiger partial charge in [-0.25, -0.2) is 0 Å². The largest absolute Gasteiger partial charge is 0.490 e. The number of para-hydroxylation sites is 1. The molecule has 1 aromatic carbocycles. The van der Waals surface area contributed by atoms with E-state index in [-0.39, 0.29) is 6.61 Å². The number of hydrogen-bond donors (Lipinski definition) is 2. The van der Waals surface area contributed by atoms with E-state index in [0.29, 0.717) is 12.6 Å². The first-order chi connectivity index (χ1) is 11.2. The smallest absolute Gasteiger partial charge is 0.140 e. The molecular formula is C17H21N3O2S. The Kier molecular flexibility index (Phi) is 5.38. The average Bonchev–Trinajstić information content (AvgIpc) is 3.30. The van der Waals surface area contributed by atoms with Crippen molar-refractivity contribution in [1.29, 1.82) is 0 Å². The van der Waals surface area contributed by atoms with E-state index in [0.717, 1.165) is 21.3 Å². The average molecular weight is 331 g/mol. The molecule has 23 heavy (non-hydrogen) atoms. The topological polar surface area (TPSA) is 67.3 Å². The lowest BCUT2D eigenvalue weighted by molar-refractivity contribution is 0.106. The van der Waals surface area contributed by atoms with Crippen LogP contribution in [0, 0.1) is 6.92 Å². The maximum atomic E-state index is 9.97. The molecule has 1 heterocycles. The van der Waals surface area contributed by atoms with E-state index in [9.17, 15) is 5.11 Å². The predicted molar refractivity (Wildman–Crippen MR) is 92.5 cm³/mol. The number of rotatable bonds is 8. The molecule has 0 bridgehead atoms. The van der Waals surface area contributed by atoms with Crippen molar-refractivity contribution in [1.82, 2.24) is 15.5 Å². The SMILES string of the molecule is Cc1nnc(/C=C\c2ccccc2OCC(O)CNC2CC2)s1. The summed E-state index contributed by atoms with van der Waals surface area (Å²) in [6, 6.07) is 8.37. The van der Waals surface area contributed by atoms with Crippen molar-refractivity contribution in [2.75, 3.05) is 13.2 Å². The quantitative estimate of drug-likeness (QED) is 0.778. The molecule has 1 aliphatic rings. The lowest BCUT2D eigenvalue weighted by Gasteiger charge is -2.14. The molecule has 1 saturated carbocycles. The van der Waals surface area contributed by atoms with Crippen LogP contribution in [0.1, 0.15) is 28.4 Å². The Labute approximate surface area is 140 Å². The minimum Gasteiger partial charge on any atom is -0.490 e. The fourth-order valence-electron chi connectivity index (χ4n) is 2.13. The van der Waals surface area contributed by atoms with Crippen LogP contribution in [-0.4, -0.2) is 40.6 Å². The van der Waals surface area contributed by atoms with Gasteiger partial charge in [-0.1, -0.05) is 29.5 Å². The third-order valence-electron chi connectivity index (χ3n) is 3.52. The highest BCUT2D eigenvalue weighted by Crippen LogP contribution is 2.22. The summed E-state index contributed by atoms with van der Waals surface area (Å²) < 4.78 is 5.77. The second-order valence-electron chi connectivity index (χ2n) is 5.68. The van der Waals surface area contributed by atoms with Crippen LogP contribution in [0.2, 0.25) is 0 Å². The monoisotopic (exact) mass is 331 g/mol. The first-order valence-electron chi connectivity index (χ1n) is 7.82. The third kappa shape index (κ3) is 5.13. The summed E-state index contributed by atoms with van der Waals surface area (Å²) in [5, 5.41) is 23.1. The van der Waals surface area contributed by atoms with Crippen molar-refractivity contribution >= 4 is 23.5 Å². The molecular weight excluding hydrogens is 310 g/mol. The fourth-order valence-corrected chi connectivity index (χ4v) is 2.73. The van der Waals surface area contributed by atoms with Gasteiger partial charge in [0, 0.05) is 18.2 Å². The Bertz CT molecular complexity index is 667. The predicted octanol–water partition coefficient (Wildman–Crippen LogP) is 2.51. The lowest BCUT2D eigenvalue weighted by Crippen LogP contribution is -2.32. The van der Waals surface area contributed by atoms with E-state index in [4.69, 9.17) is 4.74 Å². The third-order valence-corrected chi connectivity index (χ3v) is 4.32. The summed E-state index contributed by atoms with van der Waals surface area (Å²) in [5.41, 5.74) is 0.961. The van der Waals surface area contributed by atoms with Crippen LogP contribution >= 0.6 is 11.3 Å². The minimum atomic E-state index is -0.501. The Hall–Kier alpha value is -1.76. The second-order valence-corrected chi connectivity index (χ2v) is 6.89. The van der Waals surface area contributed by atoms with Crippen LogP contribution in [0.15, 0.2) is 24.3 Å². The second kappa shape index (κ2) is 7.68. The minimum absolute atomic E-state index is 0.280. The number of benzene rings is 1. The summed E-state index contributed by atoms with van der Waals surface area (Å²) in [5.74, 6) is 0.760. The van der Waals surface area contributed by atoms with Gasteiger partial charge in [-0.3, -0.25) is 0 Å². The zero-order chi connectivity index (χ0) is 16.1. The number of aliphatic hydroxyl groups is 1. The Morgan fingerprint density at radius 3 is 2.91 bits per heavy atom. The van der Waals surface area contributed by atoms with Gasteiger partial charge in [0.15, 0.2) is 0 Å². The van der Waals surface area contributed by atoms with Gasteiger partial charge in [0.2, 0.25) is 0 Å². The fraction of sp³-hybridized carbons (Fsp3) is 0.412. The molecule has 1 atom stereocenters. The molecule has 0 radical (unpaired) electrons. The van der Waals surface area contributed by atoms with Crippen molar-refractivity contribution < 1.29 is 9.84 Å². The van der Waals surface area contributed by atoms with Crippen LogP contribution in [-0.2, 0) is 0 Å². The first kappa shape index (κ1) is 16.1. The molecule has 1 unspecified atom stereocenters. The van der Waals surface area contributed by atoms with E-state index < -0.39 is 6.10 Å². The number of nitrogens with one attached hydrogen (secondary N) is 1. The number of ether oxygens (including phenoxy) is 1.